The third-order valence-corrected chi connectivity index (χ3v) is 12.3. The number of fused-ring (bicyclic) bond motifs is 5. The minimum atomic E-state index is -3.58. The molecule has 0 N–H and O–H groups in total. The van der Waals surface area contributed by atoms with Crippen LogP contribution in [0.2, 0.25) is 0 Å². The Labute approximate surface area is 444 Å². The molecule has 1 radical (unpaired) electrons. The van der Waals surface area contributed by atoms with E-state index in [0.717, 1.165) is 73.2 Å². The molecule has 3 heterocycles. The van der Waals surface area contributed by atoms with Crippen LogP contribution >= 0.6 is 0 Å². The molecule has 11 aromatic rings. The van der Waals surface area contributed by atoms with Crippen molar-refractivity contribution in [2.45, 2.75) is 85.6 Å². The maximum Gasteiger partial charge on any atom is 0.120 e. The molecule has 3 aromatic heterocycles. The van der Waals surface area contributed by atoms with Gasteiger partial charge >= 0.3 is 0 Å². The Morgan fingerprint density at radius 3 is 1.74 bits per heavy atom. The van der Waals surface area contributed by atoms with Crippen molar-refractivity contribution < 1.29 is 47.8 Å². The first-order valence-corrected chi connectivity index (χ1v) is 22.5. The number of imidazole rings is 2. The fourth-order valence-electron chi connectivity index (χ4n) is 9.08. The number of hydrogen-bond acceptors (Lipinski definition) is 3. The second kappa shape index (κ2) is 19.6. The van der Waals surface area contributed by atoms with E-state index < -0.39 is 62.9 Å². The number of para-hydroxylation sites is 6. The third-order valence-electron chi connectivity index (χ3n) is 12.3. The van der Waals surface area contributed by atoms with Crippen molar-refractivity contribution in [3.63, 3.8) is 0 Å². The zero-order chi connectivity index (χ0) is 61.6. The van der Waals surface area contributed by atoms with Crippen LogP contribution in [0.25, 0.3) is 89.3 Å². The van der Waals surface area contributed by atoms with Gasteiger partial charge < -0.3 is 13.6 Å². The van der Waals surface area contributed by atoms with Gasteiger partial charge in [-0.05, 0) is 99.5 Å². The summed E-state index contributed by atoms with van der Waals surface area (Å²) in [5.74, 6) is -5.62. The summed E-state index contributed by atoms with van der Waals surface area (Å²) in [6.07, 6.45) is 0. The van der Waals surface area contributed by atoms with Crippen LogP contribution in [0.4, 0.5) is 0 Å². The molecular weight excluding hydrogens is 1020 g/mol. The van der Waals surface area contributed by atoms with Crippen molar-refractivity contribution in [2.24, 2.45) is 0 Å². The van der Waals surface area contributed by atoms with Gasteiger partial charge in [0.2, 0.25) is 0 Å². The first-order valence-electron chi connectivity index (χ1n) is 31.0. The fourth-order valence-corrected chi connectivity index (χ4v) is 9.08. The molecule has 0 saturated heterocycles. The molecule has 0 aliphatic rings. The smallest absolute Gasteiger partial charge is 0.120 e. The molecule has 0 aliphatic carbocycles. The fraction of sp³-hybridized carbons (Fsp3) is 0.206. The van der Waals surface area contributed by atoms with Gasteiger partial charge in [-0.1, -0.05) is 164 Å². The molecule has 0 atom stereocenters. The van der Waals surface area contributed by atoms with E-state index in [4.69, 9.17) is 32.7 Å². The maximum absolute atomic E-state index is 9.03. The monoisotopic (exact) mass is 1100 g/mol. The molecule has 347 valence electrons. The van der Waals surface area contributed by atoms with E-state index in [0.29, 0.717) is 11.8 Å². The van der Waals surface area contributed by atoms with Gasteiger partial charge in [0.15, 0.2) is 0 Å². The van der Waals surface area contributed by atoms with Crippen LogP contribution in [0.15, 0.2) is 168 Å². The molecule has 0 bridgehead atoms. The van der Waals surface area contributed by atoms with Crippen molar-refractivity contribution in [3.8, 4) is 45.3 Å². The molecule has 6 heteroatoms. The van der Waals surface area contributed by atoms with Crippen LogP contribution in [0, 0.1) is 19.0 Å². The van der Waals surface area contributed by atoms with E-state index in [1.54, 1.807) is 6.07 Å². The molecule has 0 saturated carbocycles. The summed E-state index contributed by atoms with van der Waals surface area (Å²) in [6, 6.07) is 55.3. The average molecular weight is 1100 g/mol. The van der Waals surface area contributed by atoms with Gasteiger partial charge in [-0.3, -0.25) is 9.97 Å². The molecule has 11 rings (SSSR count). The van der Waals surface area contributed by atoms with Gasteiger partial charge in [0.1, 0.15) is 5.58 Å². The van der Waals surface area contributed by atoms with Gasteiger partial charge in [0.25, 0.3) is 0 Å². The molecule has 0 unspecified atom stereocenters. The van der Waals surface area contributed by atoms with Gasteiger partial charge in [0, 0.05) is 60.2 Å². The Kier molecular flexibility index (Phi) is 8.71. The third kappa shape index (κ3) is 8.77. The van der Waals surface area contributed by atoms with Crippen LogP contribution < -0.4 is 0 Å². The van der Waals surface area contributed by atoms with Crippen molar-refractivity contribution in [3.05, 3.63) is 204 Å². The Morgan fingerprint density at radius 2 is 1.13 bits per heavy atom. The first kappa shape index (κ1) is 30.6. The standard InChI is InChI=1S/C37H31N2O.C26H27N2.Ir/c1-23(2)30-21-26(25-13-6-5-7-14-25)22-31(24(3)4)35(30)39-33-19-10-9-18-32(33)38-37(39)29-17-12-16-28-27-15-8-11-20-34(27)40-36(28)29;1-17(2)21-9-8-10-22(18(3)4)25(21)28-24-12-7-6-11-23(24)27-26(28)20-15-13-19(5)14-16-20;/h5-16,18-24H,1-4H3;6-15,17-18H,1-5H3;/q2*-1;/i;1D3,2D3,3D3,4D3,5D3,17D,18D;. The largest absolute Gasteiger partial charge is 0.501 e. The normalized spacial score (nSPS) is 16.5. The predicted molar refractivity (Wildman–Crippen MR) is 284 cm³/mol. The second-order valence-electron chi connectivity index (χ2n) is 17.3. The zero-order valence-corrected chi connectivity index (χ0v) is 40.7. The summed E-state index contributed by atoms with van der Waals surface area (Å²) in [4.78, 5) is 9.79. The maximum atomic E-state index is 9.03. The molecule has 0 aliphatic heterocycles. The van der Waals surface area contributed by atoms with Crippen molar-refractivity contribution >= 4 is 44.0 Å². The number of rotatable bonds is 9. The van der Waals surface area contributed by atoms with E-state index >= 15 is 0 Å². The van der Waals surface area contributed by atoms with Crippen LogP contribution in [0.3, 0.4) is 0 Å². The molecule has 0 spiro atoms. The molecule has 8 aromatic carbocycles. The molecule has 0 fully saturated rings. The van der Waals surface area contributed by atoms with Gasteiger partial charge in [-0.15, -0.1) is 53.6 Å². The SMILES string of the molecule is CC(C)c1cc(-c2ccccc2)cc(C(C)C)c1-n1c(-c2[c-]ccc3c2oc2ccccc23)nc2ccccc21.[2H]C([2H])([2H])c1c[c-]c(-c2nc3ccccc3n2-c2c(C([2H])(C([2H])([2H])[2H])C([2H])([2H])[2H])cccc2C([2H])(C([2H])([2H])[2H])C([2H])([2H])[2H])cc1.[Ir]. The van der Waals surface area contributed by atoms with Crippen molar-refractivity contribution in [1.82, 2.24) is 19.1 Å². The topological polar surface area (TPSA) is 48.8 Å². The van der Waals surface area contributed by atoms with E-state index in [9.17, 15) is 0 Å². The predicted octanol–water partition coefficient (Wildman–Crippen LogP) is 17.4. The Balaban J connectivity index is 0.000000204. The van der Waals surface area contributed by atoms with Crippen LogP contribution in [0.1, 0.15) is 130 Å². The number of aromatic nitrogens is 4. The van der Waals surface area contributed by atoms with Gasteiger partial charge in [-0.25, -0.2) is 0 Å². The Bertz CT molecular complexity index is 4170. The quantitative estimate of drug-likeness (QED) is 0.135. The summed E-state index contributed by atoms with van der Waals surface area (Å²) in [6.45, 7) is -7.71. The number of furan rings is 1. The average Bonchev–Trinajstić information content (AvgIpc) is 1.02. The summed E-state index contributed by atoms with van der Waals surface area (Å²) in [5.41, 5.74) is 8.95. The molecular formula is C63H58IrN4O-2. The van der Waals surface area contributed by atoms with Crippen LogP contribution in [-0.2, 0) is 20.1 Å². The minimum Gasteiger partial charge on any atom is -0.501 e. The van der Waals surface area contributed by atoms with Crippen LogP contribution in [0.5, 0.6) is 0 Å². The molecule has 69 heavy (non-hydrogen) atoms. The van der Waals surface area contributed by atoms with Gasteiger partial charge in [-0.2, -0.15) is 0 Å². The van der Waals surface area contributed by atoms with E-state index in [-0.39, 0.29) is 48.1 Å². The summed E-state index contributed by atoms with van der Waals surface area (Å²) >= 11 is 0. The second-order valence-corrected chi connectivity index (χ2v) is 17.3. The van der Waals surface area contributed by atoms with Crippen molar-refractivity contribution in [2.75, 3.05) is 0 Å². The van der Waals surface area contributed by atoms with Gasteiger partial charge in [0.05, 0.1) is 39.3 Å². The summed E-state index contributed by atoms with van der Waals surface area (Å²) in [5, 5.41) is 2.18. The van der Waals surface area contributed by atoms with E-state index in [2.05, 4.69) is 134 Å². The number of nitrogens with zero attached hydrogens (tertiary/aromatic N) is 4. The first-order chi connectivity index (χ1) is 39.8. The minimum absolute atomic E-state index is 0. The number of benzene rings is 8. The Hall–Kier alpha value is -6.85. The zero-order valence-electron chi connectivity index (χ0n) is 55.3. The number of aryl methyl sites for hydroxylation is 1. The van der Waals surface area contributed by atoms with E-state index in [1.807, 2.05) is 18.2 Å². The Morgan fingerprint density at radius 1 is 0.551 bits per heavy atom. The summed E-state index contributed by atoms with van der Waals surface area (Å²) < 4.78 is 149. The molecule has 0 amide bonds. The van der Waals surface area contributed by atoms with Crippen LogP contribution in [-0.4, -0.2) is 19.1 Å². The van der Waals surface area contributed by atoms with Crippen molar-refractivity contribution in [1.29, 1.82) is 0 Å². The summed E-state index contributed by atoms with van der Waals surface area (Å²) in [7, 11) is 0. The van der Waals surface area contributed by atoms with E-state index in [1.165, 1.54) is 58.3 Å². The number of hydrogen-bond donors (Lipinski definition) is 0. The molecule has 5 nitrogen and oxygen atoms in total.